The van der Waals surface area contributed by atoms with Crippen molar-refractivity contribution in [1.29, 1.82) is 0 Å². The van der Waals surface area contributed by atoms with E-state index in [0.717, 1.165) is 42.0 Å². The number of aryl methyl sites for hydroxylation is 3. The zero-order valence-corrected chi connectivity index (χ0v) is 14.7. The summed E-state index contributed by atoms with van der Waals surface area (Å²) < 4.78 is 6.11. The Kier molecular flexibility index (Phi) is 4.89. The Bertz CT molecular complexity index is 738. The zero-order valence-electron chi connectivity index (χ0n) is 14.7. The molecular formula is C21H25NO2. The molecule has 3 nitrogen and oxygen atoms in total. The highest BCUT2D eigenvalue weighted by Gasteiger charge is 2.29. The van der Waals surface area contributed by atoms with Gasteiger partial charge >= 0.3 is 0 Å². The minimum absolute atomic E-state index is 0.0607. The highest BCUT2D eigenvalue weighted by Crippen LogP contribution is 2.29. The third kappa shape index (κ3) is 3.30. The number of ether oxygens (including phenoxy) is 1. The van der Waals surface area contributed by atoms with Gasteiger partial charge in [-0.15, -0.1) is 0 Å². The Morgan fingerprint density at radius 1 is 1.21 bits per heavy atom. The Hall–Kier alpha value is -2.29. The van der Waals surface area contributed by atoms with Crippen molar-refractivity contribution in [2.24, 2.45) is 0 Å². The number of nitrogens with zero attached hydrogens (tertiary/aromatic N) is 1. The summed E-state index contributed by atoms with van der Waals surface area (Å²) in [6, 6.07) is 14.3. The van der Waals surface area contributed by atoms with Gasteiger partial charge in [-0.25, -0.2) is 0 Å². The van der Waals surface area contributed by atoms with Gasteiger partial charge in [-0.3, -0.25) is 4.79 Å². The molecular weight excluding hydrogens is 298 g/mol. The Balaban J connectivity index is 1.84. The van der Waals surface area contributed by atoms with E-state index in [1.807, 2.05) is 56.0 Å². The molecule has 1 unspecified atom stereocenters. The average molecular weight is 323 g/mol. The molecule has 2 aromatic rings. The molecule has 0 saturated heterocycles. The van der Waals surface area contributed by atoms with Crippen molar-refractivity contribution >= 4 is 11.6 Å². The van der Waals surface area contributed by atoms with Crippen LogP contribution in [0.2, 0.25) is 0 Å². The summed E-state index contributed by atoms with van der Waals surface area (Å²) in [5.74, 6) is 0.867. The molecule has 0 N–H and O–H groups in total. The number of carbonyl (C=O) groups is 1. The molecule has 1 heterocycles. The molecule has 0 bridgehead atoms. The third-order valence-corrected chi connectivity index (χ3v) is 4.64. The number of para-hydroxylation sites is 1. The van der Waals surface area contributed by atoms with Gasteiger partial charge < -0.3 is 9.64 Å². The van der Waals surface area contributed by atoms with E-state index in [1.54, 1.807) is 0 Å². The molecule has 1 aliphatic heterocycles. The lowest BCUT2D eigenvalue weighted by molar-refractivity contribution is -0.125. The summed E-state index contributed by atoms with van der Waals surface area (Å²) in [6.07, 6.45) is 2.25. The number of amides is 1. The number of anilines is 1. The van der Waals surface area contributed by atoms with Crippen LogP contribution in [-0.4, -0.2) is 18.6 Å². The molecule has 1 amide bonds. The second kappa shape index (κ2) is 7.08. The van der Waals surface area contributed by atoms with Crippen molar-refractivity contribution in [1.82, 2.24) is 0 Å². The fraction of sp³-hybridized carbons (Fsp3) is 0.381. The number of carbonyl (C=O) groups excluding carboxylic acids is 1. The van der Waals surface area contributed by atoms with Gasteiger partial charge in [0.2, 0.25) is 0 Å². The van der Waals surface area contributed by atoms with E-state index >= 15 is 0 Å². The van der Waals surface area contributed by atoms with E-state index in [4.69, 9.17) is 4.74 Å². The number of fused-ring (bicyclic) bond motifs is 1. The lowest BCUT2D eigenvalue weighted by Gasteiger charge is -2.32. The Morgan fingerprint density at radius 3 is 2.79 bits per heavy atom. The van der Waals surface area contributed by atoms with E-state index in [1.165, 1.54) is 5.56 Å². The van der Waals surface area contributed by atoms with Crippen molar-refractivity contribution in [2.45, 2.75) is 46.1 Å². The SMILES string of the molecule is CCC(Oc1cc(C)ccc1C)C(=O)N1CCCc2ccccc21. The van der Waals surface area contributed by atoms with Gasteiger partial charge in [-0.05, 0) is 61.9 Å². The van der Waals surface area contributed by atoms with Crippen molar-refractivity contribution in [3.05, 3.63) is 59.2 Å². The van der Waals surface area contributed by atoms with Gasteiger partial charge in [0.1, 0.15) is 5.75 Å². The lowest BCUT2D eigenvalue weighted by atomic mass is 10.0. The van der Waals surface area contributed by atoms with E-state index in [9.17, 15) is 4.79 Å². The van der Waals surface area contributed by atoms with Crippen molar-refractivity contribution in [3.8, 4) is 5.75 Å². The van der Waals surface area contributed by atoms with Crippen LogP contribution in [0.5, 0.6) is 5.75 Å². The van der Waals surface area contributed by atoms with E-state index < -0.39 is 6.10 Å². The van der Waals surface area contributed by atoms with E-state index in [2.05, 4.69) is 12.1 Å². The summed E-state index contributed by atoms with van der Waals surface area (Å²) >= 11 is 0. The van der Waals surface area contributed by atoms with E-state index in [0.29, 0.717) is 6.42 Å². The number of rotatable bonds is 4. The first-order valence-electron chi connectivity index (χ1n) is 8.73. The molecule has 1 aliphatic rings. The topological polar surface area (TPSA) is 29.5 Å². The maximum absolute atomic E-state index is 13.1. The van der Waals surface area contributed by atoms with Crippen molar-refractivity contribution in [2.75, 3.05) is 11.4 Å². The van der Waals surface area contributed by atoms with E-state index in [-0.39, 0.29) is 5.91 Å². The maximum Gasteiger partial charge on any atom is 0.268 e. The van der Waals surface area contributed by atoms with Crippen LogP contribution in [0.15, 0.2) is 42.5 Å². The monoisotopic (exact) mass is 323 g/mol. The fourth-order valence-electron chi connectivity index (χ4n) is 3.23. The minimum atomic E-state index is -0.448. The summed E-state index contributed by atoms with van der Waals surface area (Å²) in [6.45, 7) is 6.82. The molecule has 2 aromatic carbocycles. The standard InChI is InChI=1S/C21H25NO2/c1-4-19(24-20-14-15(2)11-12-16(20)3)21(23)22-13-7-9-17-8-5-6-10-18(17)22/h5-6,8,10-12,14,19H,4,7,9,13H2,1-3H3. The molecule has 0 saturated carbocycles. The van der Waals surface area contributed by atoms with Gasteiger partial charge in [0, 0.05) is 12.2 Å². The zero-order chi connectivity index (χ0) is 17.1. The van der Waals surface area contributed by atoms with Gasteiger partial charge in [-0.1, -0.05) is 37.3 Å². The van der Waals surface area contributed by atoms with Crippen molar-refractivity contribution < 1.29 is 9.53 Å². The average Bonchev–Trinajstić information content (AvgIpc) is 2.61. The number of hydrogen-bond acceptors (Lipinski definition) is 2. The summed E-state index contributed by atoms with van der Waals surface area (Å²) in [5, 5.41) is 0. The van der Waals surface area contributed by atoms with Gasteiger partial charge in [0.15, 0.2) is 6.10 Å². The second-order valence-corrected chi connectivity index (χ2v) is 6.51. The molecule has 0 fully saturated rings. The molecule has 0 spiro atoms. The Labute approximate surface area is 144 Å². The van der Waals surface area contributed by atoms with Crippen LogP contribution in [0.3, 0.4) is 0 Å². The maximum atomic E-state index is 13.1. The first-order chi connectivity index (χ1) is 11.6. The fourth-order valence-corrected chi connectivity index (χ4v) is 3.23. The smallest absolute Gasteiger partial charge is 0.268 e. The molecule has 24 heavy (non-hydrogen) atoms. The molecule has 1 atom stereocenters. The van der Waals surface area contributed by atoms with Crippen LogP contribution < -0.4 is 9.64 Å². The van der Waals surface area contributed by atoms with Crippen LogP contribution in [-0.2, 0) is 11.2 Å². The first-order valence-corrected chi connectivity index (χ1v) is 8.73. The van der Waals surface area contributed by atoms with Gasteiger partial charge in [-0.2, -0.15) is 0 Å². The van der Waals surface area contributed by atoms with Crippen LogP contribution in [0.25, 0.3) is 0 Å². The summed E-state index contributed by atoms with van der Waals surface area (Å²) in [7, 11) is 0. The van der Waals surface area contributed by atoms with Crippen molar-refractivity contribution in [3.63, 3.8) is 0 Å². The second-order valence-electron chi connectivity index (χ2n) is 6.51. The molecule has 3 rings (SSSR count). The quantitative estimate of drug-likeness (QED) is 0.832. The lowest BCUT2D eigenvalue weighted by Crippen LogP contribution is -2.44. The third-order valence-electron chi connectivity index (χ3n) is 4.64. The first kappa shape index (κ1) is 16.6. The van der Waals surface area contributed by atoms with Crippen LogP contribution >= 0.6 is 0 Å². The molecule has 0 aliphatic carbocycles. The highest BCUT2D eigenvalue weighted by atomic mass is 16.5. The predicted molar refractivity (Wildman–Crippen MR) is 97.7 cm³/mol. The van der Waals surface area contributed by atoms with Crippen LogP contribution in [0, 0.1) is 13.8 Å². The summed E-state index contributed by atoms with van der Waals surface area (Å²) in [5.41, 5.74) is 4.49. The van der Waals surface area contributed by atoms with Crippen LogP contribution in [0.1, 0.15) is 36.5 Å². The molecule has 0 radical (unpaired) electrons. The molecule has 126 valence electrons. The predicted octanol–water partition coefficient (Wildman–Crippen LogP) is 4.44. The minimum Gasteiger partial charge on any atom is -0.480 e. The molecule has 3 heteroatoms. The Morgan fingerprint density at radius 2 is 2.00 bits per heavy atom. The molecule has 0 aromatic heterocycles. The number of benzene rings is 2. The van der Waals surface area contributed by atoms with Gasteiger partial charge in [0.05, 0.1) is 0 Å². The number of hydrogen-bond donors (Lipinski definition) is 0. The highest BCUT2D eigenvalue weighted by molar-refractivity contribution is 5.97. The summed E-state index contributed by atoms with van der Waals surface area (Å²) in [4.78, 5) is 15.0. The van der Waals surface area contributed by atoms with Crippen LogP contribution in [0.4, 0.5) is 5.69 Å². The normalized spacial score (nSPS) is 14.9. The largest absolute Gasteiger partial charge is 0.480 e. The van der Waals surface area contributed by atoms with Gasteiger partial charge in [0.25, 0.3) is 5.91 Å².